The molecule has 0 aliphatic heterocycles. The Kier molecular flexibility index (Phi) is 6.41. The van der Waals surface area contributed by atoms with Gasteiger partial charge in [-0.05, 0) is 37.1 Å². The van der Waals surface area contributed by atoms with Gasteiger partial charge in [-0.1, -0.05) is 42.1 Å². The van der Waals surface area contributed by atoms with Gasteiger partial charge in [0.25, 0.3) is 5.56 Å². The summed E-state index contributed by atoms with van der Waals surface area (Å²) >= 11 is 1.38. The van der Waals surface area contributed by atoms with E-state index in [9.17, 15) is 9.18 Å². The lowest BCUT2D eigenvalue weighted by Crippen LogP contribution is -2.24. The van der Waals surface area contributed by atoms with Crippen LogP contribution in [0.25, 0.3) is 10.9 Å². The molecule has 0 amide bonds. The van der Waals surface area contributed by atoms with Gasteiger partial charge in [-0.3, -0.25) is 9.36 Å². The molecule has 0 unspecified atom stereocenters. The van der Waals surface area contributed by atoms with E-state index in [0.717, 1.165) is 6.42 Å². The number of aromatic nitrogens is 2. The third kappa shape index (κ3) is 4.31. The number of rotatable bonds is 8. The third-order valence-electron chi connectivity index (χ3n) is 4.02. The van der Waals surface area contributed by atoms with Crippen molar-refractivity contribution in [1.29, 1.82) is 0 Å². The van der Waals surface area contributed by atoms with Gasteiger partial charge in [0.1, 0.15) is 5.82 Å². The number of ether oxygens (including phenoxy) is 1. The van der Waals surface area contributed by atoms with E-state index in [2.05, 4.69) is 4.98 Å². The fourth-order valence-corrected chi connectivity index (χ4v) is 3.69. The van der Waals surface area contributed by atoms with Crippen molar-refractivity contribution in [1.82, 2.24) is 9.55 Å². The van der Waals surface area contributed by atoms with Crippen LogP contribution in [0.2, 0.25) is 0 Å². The van der Waals surface area contributed by atoms with Crippen molar-refractivity contribution in [3.05, 3.63) is 70.3 Å². The molecular weight excluding hydrogens is 351 g/mol. The van der Waals surface area contributed by atoms with Crippen LogP contribution in [-0.2, 0) is 17.0 Å². The van der Waals surface area contributed by atoms with Gasteiger partial charge in [0, 0.05) is 25.5 Å². The Morgan fingerprint density at radius 1 is 1.15 bits per heavy atom. The van der Waals surface area contributed by atoms with Crippen LogP contribution in [-0.4, -0.2) is 22.8 Å². The van der Waals surface area contributed by atoms with Crippen LogP contribution in [0.15, 0.2) is 58.5 Å². The zero-order chi connectivity index (χ0) is 18.4. The van der Waals surface area contributed by atoms with Crippen molar-refractivity contribution < 1.29 is 9.13 Å². The molecule has 0 saturated carbocycles. The van der Waals surface area contributed by atoms with Crippen LogP contribution in [0.5, 0.6) is 0 Å². The summed E-state index contributed by atoms with van der Waals surface area (Å²) in [6.45, 7) is 3.71. The molecule has 0 N–H and O–H groups in total. The summed E-state index contributed by atoms with van der Waals surface area (Å²) in [7, 11) is 0. The van der Waals surface area contributed by atoms with E-state index in [1.807, 2.05) is 31.2 Å². The van der Waals surface area contributed by atoms with Gasteiger partial charge in [0.15, 0.2) is 5.16 Å². The van der Waals surface area contributed by atoms with Gasteiger partial charge >= 0.3 is 0 Å². The SMILES string of the molecule is CCOCCCn1c(SCc2ccccc2F)nc2ccccc2c1=O. The molecule has 0 fully saturated rings. The Morgan fingerprint density at radius 2 is 1.92 bits per heavy atom. The second-order valence-corrected chi connectivity index (χ2v) is 6.74. The summed E-state index contributed by atoms with van der Waals surface area (Å²) < 4.78 is 20.9. The van der Waals surface area contributed by atoms with Gasteiger partial charge < -0.3 is 4.74 Å². The Hall–Kier alpha value is -2.18. The predicted molar refractivity (Wildman–Crippen MR) is 103 cm³/mol. The number of benzene rings is 2. The number of hydrogen-bond acceptors (Lipinski definition) is 4. The highest BCUT2D eigenvalue weighted by atomic mass is 32.2. The first-order valence-corrected chi connectivity index (χ1v) is 9.62. The van der Waals surface area contributed by atoms with Crippen molar-refractivity contribution in [3.63, 3.8) is 0 Å². The minimum Gasteiger partial charge on any atom is -0.382 e. The van der Waals surface area contributed by atoms with Gasteiger partial charge in [0.05, 0.1) is 10.9 Å². The summed E-state index contributed by atoms with van der Waals surface area (Å²) in [5.41, 5.74) is 1.19. The normalized spacial score (nSPS) is 11.2. The maximum Gasteiger partial charge on any atom is 0.262 e. The monoisotopic (exact) mass is 372 g/mol. The molecule has 3 rings (SSSR count). The topological polar surface area (TPSA) is 44.1 Å². The minimum atomic E-state index is -0.244. The molecule has 6 heteroatoms. The van der Waals surface area contributed by atoms with Crippen LogP contribution in [0, 0.1) is 5.82 Å². The van der Waals surface area contributed by atoms with Crippen LogP contribution in [0.3, 0.4) is 0 Å². The van der Waals surface area contributed by atoms with E-state index < -0.39 is 0 Å². The molecule has 0 aliphatic carbocycles. The molecule has 0 radical (unpaired) electrons. The molecule has 0 spiro atoms. The molecule has 1 heterocycles. The lowest BCUT2D eigenvalue weighted by atomic mass is 10.2. The second kappa shape index (κ2) is 8.96. The minimum absolute atomic E-state index is 0.0665. The average Bonchev–Trinajstić information content (AvgIpc) is 2.66. The summed E-state index contributed by atoms with van der Waals surface area (Å²) in [5.74, 6) is 0.175. The second-order valence-electron chi connectivity index (χ2n) is 5.80. The molecule has 3 aromatic rings. The van der Waals surface area contributed by atoms with Gasteiger partial charge in [-0.15, -0.1) is 0 Å². The maximum atomic E-state index is 13.9. The van der Waals surface area contributed by atoms with Crippen LogP contribution in [0.1, 0.15) is 18.9 Å². The number of fused-ring (bicyclic) bond motifs is 1. The zero-order valence-electron chi connectivity index (χ0n) is 14.7. The Bertz CT molecular complexity index is 942. The molecule has 4 nitrogen and oxygen atoms in total. The highest BCUT2D eigenvalue weighted by Crippen LogP contribution is 2.23. The van der Waals surface area contributed by atoms with Crippen LogP contribution < -0.4 is 5.56 Å². The first-order chi connectivity index (χ1) is 12.7. The predicted octanol–water partition coefficient (Wildman–Crippen LogP) is 4.25. The van der Waals surface area contributed by atoms with E-state index in [0.29, 0.717) is 47.1 Å². The maximum absolute atomic E-state index is 13.9. The van der Waals surface area contributed by atoms with Gasteiger partial charge in [0.2, 0.25) is 0 Å². The lowest BCUT2D eigenvalue weighted by Gasteiger charge is -2.13. The van der Waals surface area contributed by atoms with Crippen molar-refractivity contribution in [2.75, 3.05) is 13.2 Å². The fraction of sp³-hybridized carbons (Fsp3) is 0.300. The third-order valence-corrected chi connectivity index (χ3v) is 5.04. The number of thioether (sulfide) groups is 1. The highest BCUT2D eigenvalue weighted by Gasteiger charge is 2.12. The van der Waals surface area contributed by atoms with Gasteiger partial charge in [-0.2, -0.15) is 0 Å². The Labute approximate surface area is 156 Å². The number of hydrogen-bond donors (Lipinski definition) is 0. The molecule has 0 atom stereocenters. The average molecular weight is 372 g/mol. The Balaban J connectivity index is 1.90. The summed E-state index contributed by atoms with van der Waals surface area (Å²) in [5, 5.41) is 1.20. The molecule has 0 bridgehead atoms. The number of para-hydroxylation sites is 1. The van der Waals surface area contributed by atoms with Crippen molar-refractivity contribution >= 4 is 22.7 Å². The summed E-state index contributed by atoms with van der Waals surface area (Å²) in [4.78, 5) is 17.5. The first-order valence-electron chi connectivity index (χ1n) is 8.64. The summed E-state index contributed by atoms with van der Waals surface area (Å²) in [6.07, 6.45) is 0.723. The quantitative estimate of drug-likeness (QED) is 0.337. The molecule has 0 aliphatic rings. The molecule has 1 aromatic heterocycles. The molecule has 2 aromatic carbocycles. The zero-order valence-corrected chi connectivity index (χ0v) is 15.5. The van der Waals surface area contributed by atoms with Crippen molar-refractivity contribution in [2.45, 2.75) is 30.8 Å². The number of nitrogens with zero attached hydrogens (tertiary/aromatic N) is 2. The standard InChI is InChI=1S/C20H21FN2O2S/c1-2-25-13-7-12-23-19(24)16-9-4-6-11-18(16)22-20(23)26-14-15-8-3-5-10-17(15)21/h3-6,8-11H,2,7,12-14H2,1H3. The molecule has 136 valence electrons. The van der Waals surface area contributed by atoms with Crippen LogP contribution >= 0.6 is 11.8 Å². The highest BCUT2D eigenvalue weighted by molar-refractivity contribution is 7.98. The lowest BCUT2D eigenvalue weighted by molar-refractivity contribution is 0.140. The summed E-state index contributed by atoms with van der Waals surface area (Å²) in [6, 6.07) is 14.0. The Morgan fingerprint density at radius 3 is 2.73 bits per heavy atom. The largest absolute Gasteiger partial charge is 0.382 e. The van der Waals surface area contributed by atoms with E-state index in [1.165, 1.54) is 17.8 Å². The van der Waals surface area contributed by atoms with Gasteiger partial charge in [-0.25, -0.2) is 9.37 Å². The first kappa shape index (κ1) is 18.6. The smallest absolute Gasteiger partial charge is 0.262 e. The van der Waals surface area contributed by atoms with E-state index >= 15 is 0 Å². The molecule has 26 heavy (non-hydrogen) atoms. The fourth-order valence-electron chi connectivity index (χ4n) is 2.68. The van der Waals surface area contributed by atoms with Crippen LogP contribution in [0.4, 0.5) is 4.39 Å². The van der Waals surface area contributed by atoms with Crippen molar-refractivity contribution in [2.24, 2.45) is 0 Å². The van der Waals surface area contributed by atoms with E-state index in [-0.39, 0.29) is 11.4 Å². The van der Waals surface area contributed by atoms with E-state index in [4.69, 9.17) is 4.74 Å². The van der Waals surface area contributed by atoms with E-state index in [1.54, 1.807) is 22.8 Å². The molecule has 0 saturated heterocycles. The number of halogens is 1. The molecular formula is C20H21FN2O2S. The van der Waals surface area contributed by atoms with Crippen molar-refractivity contribution in [3.8, 4) is 0 Å².